The average Bonchev–Trinajstić information content (AvgIpc) is 3.10. The first-order valence-electron chi connectivity index (χ1n) is 9.23. The summed E-state index contributed by atoms with van der Waals surface area (Å²) in [5.41, 5.74) is 2.36. The second-order valence-corrected chi connectivity index (χ2v) is 6.98. The first-order chi connectivity index (χ1) is 12.6. The summed E-state index contributed by atoms with van der Waals surface area (Å²) in [4.78, 5) is 25.8. The fraction of sp³-hybridized carbons (Fsp3) is 0.364. The Balaban J connectivity index is 1.74. The zero-order chi connectivity index (χ0) is 18.4. The fourth-order valence-corrected chi connectivity index (χ4v) is 3.84. The number of hydrogen-bond acceptors (Lipinski definition) is 2. The number of amides is 1. The Morgan fingerprint density at radius 2 is 1.69 bits per heavy atom. The van der Waals surface area contributed by atoms with Gasteiger partial charge in [0, 0.05) is 19.0 Å². The first kappa shape index (κ1) is 18.2. The van der Waals surface area contributed by atoms with E-state index < -0.39 is 5.97 Å². The van der Waals surface area contributed by atoms with Crippen molar-refractivity contribution in [1.82, 2.24) is 4.90 Å². The number of carboxylic acid groups (broad SMARTS) is 1. The summed E-state index contributed by atoms with van der Waals surface area (Å²) in [6.45, 7) is 0.670. The molecule has 0 radical (unpaired) electrons. The number of hydrogen-bond donors (Lipinski definition) is 1. The van der Waals surface area contributed by atoms with Gasteiger partial charge >= 0.3 is 5.97 Å². The molecule has 1 N–H and O–H groups in total. The largest absolute Gasteiger partial charge is 0.481 e. The molecule has 26 heavy (non-hydrogen) atoms. The van der Waals surface area contributed by atoms with Gasteiger partial charge in [-0.3, -0.25) is 9.59 Å². The van der Waals surface area contributed by atoms with Crippen LogP contribution < -0.4 is 0 Å². The smallest absolute Gasteiger partial charge is 0.305 e. The molecule has 0 aliphatic carbocycles. The topological polar surface area (TPSA) is 57.6 Å². The Hall–Kier alpha value is -2.62. The summed E-state index contributed by atoms with van der Waals surface area (Å²) in [5.74, 6) is -0.672. The zero-order valence-corrected chi connectivity index (χ0v) is 14.9. The van der Waals surface area contributed by atoms with Crippen molar-refractivity contribution in [3.05, 3.63) is 71.8 Å². The third-order valence-electron chi connectivity index (χ3n) is 5.12. The van der Waals surface area contributed by atoms with Crippen LogP contribution in [0.3, 0.4) is 0 Å². The van der Waals surface area contributed by atoms with E-state index >= 15 is 0 Å². The molecule has 4 heteroatoms. The van der Waals surface area contributed by atoms with Crippen molar-refractivity contribution in [3.63, 3.8) is 0 Å². The number of benzene rings is 2. The van der Waals surface area contributed by atoms with Crippen LogP contribution in [0.4, 0.5) is 0 Å². The third kappa shape index (κ3) is 4.72. The summed E-state index contributed by atoms with van der Waals surface area (Å²) in [6, 6.07) is 20.2. The fourth-order valence-electron chi connectivity index (χ4n) is 3.84. The highest BCUT2D eigenvalue weighted by molar-refractivity contribution is 5.79. The number of rotatable bonds is 7. The molecule has 1 fully saturated rings. The normalized spacial score (nSPS) is 17.8. The lowest BCUT2D eigenvalue weighted by Crippen LogP contribution is -2.37. The number of nitrogens with zero attached hydrogens (tertiary/aromatic N) is 1. The highest BCUT2D eigenvalue weighted by atomic mass is 16.4. The van der Waals surface area contributed by atoms with Gasteiger partial charge in [0.25, 0.3) is 0 Å². The minimum Gasteiger partial charge on any atom is -0.481 e. The van der Waals surface area contributed by atoms with Gasteiger partial charge in [0.1, 0.15) is 0 Å². The molecule has 0 saturated carbocycles. The second kappa shape index (κ2) is 8.65. The number of likely N-dealkylation sites (tertiary alicyclic amines) is 1. The molecule has 1 amide bonds. The van der Waals surface area contributed by atoms with Crippen molar-refractivity contribution in [1.29, 1.82) is 0 Å². The Morgan fingerprint density at radius 3 is 2.35 bits per heavy atom. The van der Waals surface area contributed by atoms with Gasteiger partial charge in [-0.05, 0) is 36.3 Å². The Bertz CT molecular complexity index is 730. The van der Waals surface area contributed by atoms with Crippen molar-refractivity contribution in [2.45, 2.75) is 44.1 Å². The molecule has 1 saturated heterocycles. The summed E-state index contributed by atoms with van der Waals surface area (Å²) >= 11 is 0. The minimum absolute atomic E-state index is 0.0421. The van der Waals surface area contributed by atoms with Crippen LogP contribution in [0.5, 0.6) is 0 Å². The summed E-state index contributed by atoms with van der Waals surface area (Å²) in [5, 5.41) is 9.09. The van der Waals surface area contributed by atoms with Crippen LogP contribution in [0, 0.1) is 0 Å². The minimum atomic E-state index is -0.835. The Labute approximate surface area is 154 Å². The monoisotopic (exact) mass is 351 g/mol. The van der Waals surface area contributed by atoms with Crippen molar-refractivity contribution >= 4 is 11.9 Å². The van der Waals surface area contributed by atoms with Crippen LogP contribution in [0.25, 0.3) is 0 Å². The molecule has 1 heterocycles. The maximum atomic E-state index is 12.9. The van der Waals surface area contributed by atoms with Crippen LogP contribution in [-0.4, -0.2) is 34.5 Å². The maximum absolute atomic E-state index is 12.9. The molecule has 0 aromatic heterocycles. The molecule has 4 nitrogen and oxygen atoms in total. The van der Waals surface area contributed by atoms with Crippen molar-refractivity contribution in [2.24, 2.45) is 0 Å². The number of carbonyl (C=O) groups is 2. The number of carbonyl (C=O) groups excluding carboxylic acids is 1. The molecular weight excluding hydrogens is 326 g/mol. The number of carboxylic acids is 1. The molecule has 2 aromatic carbocycles. The average molecular weight is 351 g/mol. The molecule has 0 spiro atoms. The summed E-state index contributed by atoms with van der Waals surface area (Å²) in [7, 11) is 0. The molecule has 2 atom stereocenters. The summed E-state index contributed by atoms with van der Waals surface area (Å²) < 4.78 is 0. The Morgan fingerprint density at radius 1 is 1.04 bits per heavy atom. The molecule has 2 aromatic rings. The SMILES string of the molecule is O=C(O)CC1CCCN1C(=O)CC(Cc1ccccc1)c1ccccc1. The van der Waals surface area contributed by atoms with Crippen LogP contribution in [0.1, 0.15) is 42.7 Å². The highest BCUT2D eigenvalue weighted by Crippen LogP contribution is 2.28. The first-order valence-corrected chi connectivity index (χ1v) is 9.23. The van der Waals surface area contributed by atoms with Gasteiger partial charge in [-0.2, -0.15) is 0 Å². The van der Waals surface area contributed by atoms with Gasteiger partial charge in [-0.25, -0.2) is 0 Å². The van der Waals surface area contributed by atoms with E-state index in [0.717, 1.165) is 24.8 Å². The molecular formula is C22H25NO3. The number of aliphatic carboxylic acids is 1. The molecule has 3 rings (SSSR count). The molecule has 1 aliphatic rings. The molecule has 1 aliphatic heterocycles. The lowest BCUT2D eigenvalue weighted by Gasteiger charge is -2.26. The molecule has 2 unspecified atom stereocenters. The molecule has 0 bridgehead atoms. The van der Waals surface area contributed by atoms with E-state index in [-0.39, 0.29) is 24.3 Å². The highest BCUT2D eigenvalue weighted by Gasteiger charge is 2.31. The Kier molecular flexibility index (Phi) is 6.05. The van der Waals surface area contributed by atoms with Gasteiger partial charge in [-0.1, -0.05) is 60.7 Å². The maximum Gasteiger partial charge on any atom is 0.305 e. The van der Waals surface area contributed by atoms with Crippen molar-refractivity contribution < 1.29 is 14.7 Å². The molecule has 136 valence electrons. The van der Waals surface area contributed by atoms with Gasteiger partial charge in [0.2, 0.25) is 5.91 Å². The van der Waals surface area contributed by atoms with E-state index in [4.69, 9.17) is 5.11 Å². The third-order valence-corrected chi connectivity index (χ3v) is 5.12. The van der Waals surface area contributed by atoms with Crippen LogP contribution in [-0.2, 0) is 16.0 Å². The van der Waals surface area contributed by atoms with E-state index in [1.165, 1.54) is 5.56 Å². The van der Waals surface area contributed by atoms with E-state index in [0.29, 0.717) is 13.0 Å². The van der Waals surface area contributed by atoms with Gasteiger partial charge in [-0.15, -0.1) is 0 Å². The van der Waals surface area contributed by atoms with Crippen molar-refractivity contribution in [2.75, 3.05) is 6.54 Å². The van der Waals surface area contributed by atoms with Crippen LogP contribution in [0.2, 0.25) is 0 Å². The summed E-state index contributed by atoms with van der Waals surface area (Å²) in [6.07, 6.45) is 2.93. The van der Waals surface area contributed by atoms with Gasteiger partial charge < -0.3 is 10.0 Å². The van der Waals surface area contributed by atoms with E-state index in [2.05, 4.69) is 24.3 Å². The van der Waals surface area contributed by atoms with E-state index in [9.17, 15) is 9.59 Å². The predicted octanol–water partition coefficient (Wildman–Crippen LogP) is 3.87. The quantitative estimate of drug-likeness (QED) is 0.824. The van der Waals surface area contributed by atoms with Gasteiger partial charge in [0.15, 0.2) is 0 Å². The van der Waals surface area contributed by atoms with Crippen LogP contribution in [0.15, 0.2) is 60.7 Å². The predicted molar refractivity (Wildman–Crippen MR) is 101 cm³/mol. The van der Waals surface area contributed by atoms with E-state index in [1.807, 2.05) is 36.4 Å². The van der Waals surface area contributed by atoms with Gasteiger partial charge in [0.05, 0.1) is 6.42 Å². The second-order valence-electron chi connectivity index (χ2n) is 6.98. The zero-order valence-electron chi connectivity index (χ0n) is 14.9. The standard InChI is InChI=1S/C22H25NO3/c24-21(23-13-7-12-20(23)16-22(25)26)15-19(18-10-5-2-6-11-18)14-17-8-3-1-4-9-17/h1-6,8-11,19-20H,7,12-16H2,(H,25,26). The van der Waals surface area contributed by atoms with Crippen molar-refractivity contribution in [3.8, 4) is 0 Å². The van der Waals surface area contributed by atoms with Crippen LogP contribution >= 0.6 is 0 Å². The lowest BCUT2D eigenvalue weighted by atomic mass is 9.88. The van der Waals surface area contributed by atoms with E-state index in [1.54, 1.807) is 4.90 Å². The lowest BCUT2D eigenvalue weighted by molar-refractivity contribution is -0.140.